The van der Waals surface area contributed by atoms with Gasteiger partial charge in [-0.3, -0.25) is 9.59 Å². The molecule has 0 aromatic carbocycles. The van der Waals surface area contributed by atoms with E-state index in [9.17, 15) is 9.59 Å². The summed E-state index contributed by atoms with van der Waals surface area (Å²) in [6.07, 6.45) is 9.21. The number of carbonyl (C=O) groups excluding carboxylic acids is 2. The Kier molecular flexibility index (Phi) is 8.37. The van der Waals surface area contributed by atoms with Crippen LogP contribution in [0, 0.1) is 6.92 Å². The fraction of sp³-hybridized carbons (Fsp3) is 0.706. The molecule has 1 aromatic heterocycles. The SMILES string of the molecule is CCCCCCCCCn1c(C)nc(N(C)C=O)c1C(=O)NC. The molecule has 2 amide bonds. The minimum absolute atomic E-state index is 0.211. The van der Waals surface area contributed by atoms with Gasteiger partial charge < -0.3 is 14.8 Å². The Labute approximate surface area is 139 Å². The van der Waals surface area contributed by atoms with E-state index in [0.29, 0.717) is 17.9 Å². The quantitative estimate of drug-likeness (QED) is 0.503. The molecule has 1 N–H and O–H groups in total. The summed E-state index contributed by atoms with van der Waals surface area (Å²) in [7, 11) is 3.20. The molecule has 1 heterocycles. The van der Waals surface area contributed by atoms with Gasteiger partial charge in [-0.1, -0.05) is 45.4 Å². The lowest BCUT2D eigenvalue weighted by molar-refractivity contribution is -0.107. The summed E-state index contributed by atoms with van der Waals surface area (Å²) in [5, 5.41) is 2.64. The van der Waals surface area contributed by atoms with Crippen molar-refractivity contribution < 1.29 is 9.59 Å². The van der Waals surface area contributed by atoms with Crippen LogP contribution in [0.3, 0.4) is 0 Å². The summed E-state index contributed by atoms with van der Waals surface area (Å²) in [6.45, 7) is 4.84. The van der Waals surface area contributed by atoms with E-state index >= 15 is 0 Å². The molecule has 23 heavy (non-hydrogen) atoms. The number of imidazole rings is 1. The van der Waals surface area contributed by atoms with Crippen LogP contribution in [0.4, 0.5) is 5.82 Å². The molecule has 1 aromatic rings. The molecule has 0 unspecified atom stereocenters. The highest BCUT2D eigenvalue weighted by Gasteiger charge is 2.22. The van der Waals surface area contributed by atoms with Crippen LogP contribution in [0.1, 0.15) is 68.2 Å². The zero-order chi connectivity index (χ0) is 17.2. The summed E-state index contributed by atoms with van der Waals surface area (Å²) in [6, 6.07) is 0. The number of nitrogens with zero attached hydrogens (tertiary/aromatic N) is 3. The van der Waals surface area contributed by atoms with Crippen LogP contribution in [0.15, 0.2) is 0 Å². The molecule has 0 radical (unpaired) electrons. The summed E-state index contributed by atoms with van der Waals surface area (Å²) < 4.78 is 1.92. The predicted octanol–water partition coefficient (Wildman–Crippen LogP) is 2.89. The second-order valence-electron chi connectivity index (χ2n) is 5.90. The van der Waals surface area contributed by atoms with E-state index in [0.717, 1.165) is 25.2 Å². The molecule has 0 atom stereocenters. The molecular formula is C17H30N4O2. The van der Waals surface area contributed by atoms with Crippen LogP contribution >= 0.6 is 0 Å². The van der Waals surface area contributed by atoms with Gasteiger partial charge in [-0.2, -0.15) is 0 Å². The first-order valence-corrected chi connectivity index (χ1v) is 8.54. The molecule has 1 rings (SSSR count). The standard InChI is InChI=1S/C17H30N4O2/c1-5-6-7-8-9-10-11-12-21-14(2)19-16(20(4)13-22)15(21)17(23)18-3/h13H,5-12H2,1-4H3,(H,18,23). The van der Waals surface area contributed by atoms with E-state index in [1.54, 1.807) is 14.1 Å². The van der Waals surface area contributed by atoms with E-state index in [-0.39, 0.29) is 5.91 Å². The van der Waals surface area contributed by atoms with Crippen molar-refractivity contribution in [2.75, 3.05) is 19.0 Å². The number of unbranched alkanes of at least 4 members (excludes halogenated alkanes) is 6. The van der Waals surface area contributed by atoms with Crippen molar-refractivity contribution >= 4 is 18.1 Å². The van der Waals surface area contributed by atoms with Gasteiger partial charge in [-0.05, 0) is 13.3 Å². The molecule has 0 aliphatic heterocycles. The number of rotatable bonds is 11. The number of aromatic nitrogens is 2. The van der Waals surface area contributed by atoms with E-state index in [2.05, 4.69) is 17.2 Å². The molecule has 130 valence electrons. The van der Waals surface area contributed by atoms with Gasteiger partial charge in [0.15, 0.2) is 11.5 Å². The highest BCUT2D eigenvalue weighted by molar-refractivity contribution is 5.99. The number of carbonyl (C=O) groups is 2. The monoisotopic (exact) mass is 322 g/mol. The topological polar surface area (TPSA) is 67.2 Å². The second-order valence-corrected chi connectivity index (χ2v) is 5.90. The summed E-state index contributed by atoms with van der Waals surface area (Å²) >= 11 is 0. The lowest BCUT2D eigenvalue weighted by Crippen LogP contribution is -2.26. The van der Waals surface area contributed by atoms with Crippen LogP contribution in [0.5, 0.6) is 0 Å². The Morgan fingerprint density at radius 2 is 1.83 bits per heavy atom. The van der Waals surface area contributed by atoms with E-state index < -0.39 is 0 Å². The minimum Gasteiger partial charge on any atom is -0.354 e. The van der Waals surface area contributed by atoms with E-state index in [4.69, 9.17) is 0 Å². The van der Waals surface area contributed by atoms with Crippen molar-refractivity contribution in [1.82, 2.24) is 14.9 Å². The highest BCUT2D eigenvalue weighted by atomic mass is 16.2. The van der Waals surface area contributed by atoms with Crippen LogP contribution in [0.2, 0.25) is 0 Å². The van der Waals surface area contributed by atoms with E-state index in [1.165, 1.54) is 37.0 Å². The maximum Gasteiger partial charge on any atom is 0.271 e. The largest absolute Gasteiger partial charge is 0.354 e. The van der Waals surface area contributed by atoms with E-state index in [1.807, 2.05) is 11.5 Å². The second kappa shape index (κ2) is 10.0. The van der Waals surface area contributed by atoms with Crippen LogP contribution in [0.25, 0.3) is 0 Å². The molecule has 0 saturated carbocycles. The smallest absolute Gasteiger partial charge is 0.271 e. The molecule has 0 aliphatic rings. The van der Waals surface area contributed by atoms with Gasteiger partial charge in [0, 0.05) is 20.6 Å². The molecule has 0 fully saturated rings. The normalized spacial score (nSPS) is 10.6. The first kappa shape index (κ1) is 19.2. The van der Waals surface area contributed by atoms with Crippen molar-refractivity contribution in [2.24, 2.45) is 0 Å². The van der Waals surface area contributed by atoms with Gasteiger partial charge in [0.1, 0.15) is 5.82 Å². The van der Waals surface area contributed by atoms with Crippen molar-refractivity contribution in [2.45, 2.75) is 65.3 Å². The average Bonchev–Trinajstić information content (AvgIpc) is 2.89. The molecular weight excluding hydrogens is 292 g/mol. The Balaban J connectivity index is 2.71. The molecule has 0 bridgehead atoms. The van der Waals surface area contributed by atoms with Gasteiger partial charge in [0.25, 0.3) is 5.91 Å². The number of amides is 2. The Bertz CT molecular complexity index is 511. The molecule has 0 spiro atoms. The van der Waals surface area contributed by atoms with Gasteiger partial charge in [0.05, 0.1) is 0 Å². The number of nitrogens with one attached hydrogen (secondary N) is 1. The van der Waals surface area contributed by atoms with Crippen molar-refractivity contribution in [3.8, 4) is 0 Å². The third kappa shape index (κ3) is 5.37. The number of hydrogen-bond donors (Lipinski definition) is 1. The fourth-order valence-corrected chi connectivity index (χ4v) is 2.69. The summed E-state index contributed by atoms with van der Waals surface area (Å²) in [5.41, 5.74) is 0.464. The maximum absolute atomic E-state index is 12.2. The van der Waals surface area contributed by atoms with Crippen molar-refractivity contribution in [1.29, 1.82) is 0 Å². The maximum atomic E-state index is 12.2. The van der Waals surface area contributed by atoms with Crippen molar-refractivity contribution in [3.05, 3.63) is 11.5 Å². The van der Waals surface area contributed by atoms with Gasteiger partial charge in [0.2, 0.25) is 6.41 Å². The zero-order valence-electron chi connectivity index (χ0n) is 14.9. The molecule has 6 heteroatoms. The Morgan fingerprint density at radius 1 is 1.22 bits per heavy atom. The lowest BCUT2D eigenvalue weighted by Gasteiger charge is -2.13. The Morgan fingerprint density at radius 3 is 2.39 bits per heavy atom. The average molecular weight is 322 g/mol. The molecule has 6 nitrogen and oxygen atoms in total. The van der Waals surface area contributed by atoms with Gasteiger partial charge >= 0.3 is 0 Å². The molecule has 0 aliphatic carbocycles. The zero-order valence-corrected chi connectivity index (χ0v) is 14.9. The first-order chi connectivity index (χ1) is 11.1. The third-order valence-corrected chi connectivity index (χ3v) is 4.06. The van der Waals surface area contributed by atoms with Crippen LogP contribution in [-0.2, 0) is 11.3 Å². The predicted molar refractivity (Wildman–Crippen MR) is 92.8 cm³/mol. The summed E-state index contributed by atoms with van der Waals surface area (Å²) in [5.74, 6) is 0.968. The highest BCUT2D eigenvalue weighted by Crippen LogP contribution is 2.21. The summed E-state index contributed by atoms with van der Waals surface area (Å²) in [4.78, 5) is 28.9. The van der Waals surface area contributed by atoms with Crippen LogP contribution in [-0.4, -0.2) is 36.0 Å². The lowest BCUT2D eigenvalue weighted by atomic mass is 10.1. The van der Waals surface area contributed by atoms with Gasteiger partial charge in [-0.15, -0.1) is 0 Å². The van der Waals surface area contributed by atoms with Crippen molar-refractivity contribution in [3.63, 3.8) is 0 Å². The Hall–Kier alpha value is -1.85. The van der Waals surface area contributed by atoms with Gasteiger partial charge in [-0.25, -0.2) is 4.98 Å². The first-order valence-electron chi connectivity index (χ1n) is 8.54. The molecule has 0 saturated heterocycles. The minimum atomic E-state index is -0.211. The number of hydrogen-bond acceptors (Lipinski definition) is 3. The third-order valence-electron chi connectivity index (χ3n) is 4.06. The number of anilines is 1. The fourth-order valence-electron chi connectivity index (χ4n) is 2.69. The number of aryl methyl sites for hydroxylation is 1. The van der Waals surface area contributed by atoms with Crippen LogP contribution < -0.4 is 10.2 Å².